The van der Waals surface area contributed by atoms with Gasteiger partial charge in [0.1, 0.15) is 0 Å². The lowest BCUT2D eigenvalue weighted by Crippen LogP contribution is -2.22. The summed E-state index contributed by atoms with van der Waals surface area (Å²) in [4.78, 5) is 10.4. The molecule has 0 bridgehead atoms. The highest BCUT2D eigenvalue weighted by molar-refractivity contribution is 5.44. The lowest BCUT2D eigenvalue weighted by atomic mass is 10.1. The average molecular weight is 208 g/mol. The lowest BCUT2D eigenvalue weighted by Gasteiger charge is -2.10. The van der Waals surface area contributed by atoms with Crippen molar-refractivity contribution in [3.05, 3.63) is 39.4 Å². The van der Waals surface area contributed by atoms with Gasteiger partial charge in [0.15, 0.2) is 0 Å². The second-order valence-electron chi connectivity index (χ2n) is 3.85. The minimum Gasteiger partial charge on any atom is -0.310 e. The van der Waals surface area contributed by atoms with Crippen molar-refractivity contribution in [3.8, 4) is 0 Å². The van der Waals surface area contributed by atoms with Crippen LogP contribution in [0.4, 0.5) is 5.69 Å². The van der Waals surface area contributed by atoms with E-state index in [1.165, 1.54) is 6.07 Å². The van der Waals surface area contributed by atoms with E-state index in [-0.39, 0.29) is 10.6 Å². The molecule has 0 aliphatic rings. The molecule has 82 valence electrons. The fourth-order valence-corrected chi connectivity index (χ4v) is 1.37. The molecule has 1 rings (SSSR count). The molecular weight excluding hydrogens is 192 g/mol. The number of hydrogen-bond acceptors (Lipinski definition) is 3. The lowest BCUT2D eigenvalue weighted by molar-refractivity contribution is -0.385. The largest absolute Gasteiger partial charge is 0.310 e. The van der Waals surface area contributed by atoms with Gasteiger partial charge >= 0.3 is 0 Å². The summed E-state index contributed by atoms with van der Waals surface area (Å²) in [6, 6.07) is 5.55. The van der Waals surface area contributed by atoms with Crippen molar-refractivity contribution in [1.29, 1.82) is 0 Å². The minimum atomic E-state index is -0.339. The first-order valence-electron chi connectivity index (χ1n) is 4.98. The van der Waals surface area contributed by atoms with Crippen molar-refractivity contribution in [3.63, 3.8) is 0 Å². The number of nitro groups is 1. The highest BCUT2D eigenvalue weighted by Gasteiger charge is 2.12. The second kappa shape index (κ2) is 4.89. The summed E-state index contributed by atoms with van der Waals surface area (Å²) in [5, 5.41) is 13.9. The third kappa shape index (κ3) is 3.02. The Morgan fingerprint density at radius 3 is 2.67 bits per heavy atom. The topological polar surface area (TPSA) is 55.2 Å². The predicted molar refractivity (Wildman–Crippen MR) is 59.8 cm³/mol. The van der Waals surface area contributed by atoms with Crippen molar-refractivity contribution in [2.24, 2.45) is 0 Å². The summed E-state index contributed by atoms with van der Waals surface area (Å²) in [5.41, 5.74) is 1.92. The molecule has 1 aromatic carbocycles. The van der Waals surface area contributed by atoms with Crippen LogP contribution in [0.3, 0.4) is 0 Å². The number of benzene rings is 1. The molecule has 0 spiro atoms. The molecule has 0 aromatic heterocycles. The molecule has 0 radical (unpaired) electrons. The van der Waals surface area contributed by atoms with Crippen molar-refractivity contribution in [2.75, 3.05) is 0 Å². The Morgan fingerprint density at radius 2 is 2.13 bits per heavy atom. The van der Waals surface area contributed by atoms with E-state index in [0.717, 1.165) is 11.1 Å². The second-order valence-corrected chi connectivity index (χ2v) is 3.85. The molecule has 4 nitrogen and oxygen atoms in total. The van der Waals surface area contributed by atoms with Gasteiger partial charge in [-0.2, -0.15) is 0 Å². The van der Waals surface area contributed by atoms with Crippen LogP contribution < -0.4 is 5.32 Å². The Morgan fingerprint density at radius 1 is 1.47 bits per heavy atom. The molecule has 15 heavy (non-hydrogen) atoms. The number of nitrogens with zero attached hydrogens (tertiary/aromatic N) is 1. The molecule has 0 amide bonds. The molecule has 0 unspecified atom stereocenters. The van der Waals surface area contributed by atoms with Crippen LogP contribution in [0, 0.1) is 17.0 Å². The van der Waals surface area contributed by atoms with E-state index >= 15 is 0 Å². The zero-order chi connectivity index (χ0) is 11.4. The van der Waals surface area contributed by atoms with Crippen LogP contribution in [-0.4, -0.2) is 11.0 Å². The molecule has 0 saturated heterocycles. The maximum Gasteiger partial charge on any atom is 0.272 e. The van der Waals surface area contributed by atoms with E-state index in [0.29, 0.717) is 12.6 Å². The number of nitrogens with one attached hydrogen (secondary N) is 1. The summed E-state index contributed by atoms with van der Waals surface area (Å²) in [6.45, 7) is 6.56. The zero-order valence-corrected chi connectivity index (χ0v) is 9.28. The van der Waals surface area contributed by atoms with Crippen molar-refractivity contribution < 1.29 is 4.92 Å². The van der Waals surface area contributed by atoms with Gasteiger partial charge in [0.25, 0.3) is 5.69 Å². The Bertz CT molecular complexity index is 362. The van der Waals surface area contributed by atoms with Crippen molar-refractivity contribution in [2.45, 2.75) is 33.4 Å². The fraction of sp³-hybridized carbons (Fsp3) is 0.455. The van der Waals surface area contributed by atoms with E-state index in [9.17, 15) is 10.1 Å². The first-order valence-corrected chi connectivity index (χ1v) is 4.98. The van der Waals surface area contributed by atoms with Gasteiger partial charge in [-0.25, -0.2) is 0 Å². The van der Waals surface area contributed by atoms with E-state index in [4.69, 9.17) is 0 Å². The minimum absolute atomic E-state index is 0.193. The summed E-state index contributed by atoms with van der Waals surface area (Å²) in [7, 11) is 0. The van der Waals surface area contributed by atoms with Crippen LogP contribution in [0.5, 0.6) is 0 Å². The normalized spacial score (nSPS) is 10.7. The molecule has 1 N–H and O–H groups in total. The van der Waals surface area contributed by atoms with Crippen molar-refractivity contribution >= 4 is 5.69 Å². The van der Waals surface area contributed by atoms with Crippen LogP contribution in [0.25, 0.3) is 0 Å². The van der Waals surface area contributed by atoms with Crippen molar-refractivity contribution in [1.82, 2.24) is 5.32 Å². The average Bonchev–Trinajstić information content (AvgIpc) is 2.15. The highest BCUT2D eigenvalue weighted by Crippen LogP contribution is 2.20. The number of rotatable bonds is 4. The monoisotopic (exact) mass is 208 g/mol. The Kier molecular flexibility index (Phi) is 3.80. The molecule has 0 fully saturated rings. The summed E-state index contributed by atoms with van der Waals surface area (Å²) in [5.74, 6) is 0. The van der Waals surface area contributed by atoms with Crippen LogP contribution in [0.15, 0.2) is 18.2 Å². The van der Waals surface area contributed by atoms with Gasteiger partial charge in [0.05, 0.1) is 4.92 Å². The standard InChI is InChI=1S/C11H16N2O2/c1-8(2)12-7-10-5-4-6-11(9(10)3)13(14)15/h4-6,8,12H,7H2,1-3H3. The first kappa shape index (κ1) is 11.7. The van der Waals surface area contributed by atoms with E-state index < -0.39 is 0 Å². The molecule has 4 heteroatoms. The quantitative estimate of drug-likeness (QED) is 0.610. The Labute approximate surface area is 89.5 Å². The van der Waals surface area contributed by atoms with Gasteiger partial charge in [-0.15, -0.1) is 0 Å². The van der Waals surface area contributed by atoms with Gasteiger partial charge in [-0.05, 0) is 12.5 Å². The molecule has 0 atom stereocenters. The van der Waals surface area contributed by atoms with Crippen LogP contribution >= 0.6 is 0 Å². The van der Waals surface area contributed by atoms with Gasteiger partial charge < -0.3 is 5.32 Å². The van der Waals surface area contributed by atoms with Crippen LogP contribution in [0.1, 0.15) is 25.0 Å². The van der Waals surface area contributed by atoms with Gasteiger partial charge in [-0.3, -0.25) is 10.1 Å². The molecular formula is C11H16N2O2. The predicted octanol–water partition coefficient (Wildman–Crippen LogP) is 2.40. The molecule has 0 heterocycles. The van der Waals surface area contributed by atoms with E-state index in [1.54, 1.807) is 13.0 Å². The third-order valence-electron chi connectivity index (χ3n) is 2.31. The maximum absolute atomic E-state index is 10.7. The Balaban J connectivity index is 2.89. The number of nitro benzene ring substituents is 1. The maximum atomic E-state index is 10.7. The molecule has 0 aliphatic heterocycles. The SMILES string of the molecule is Cc1c(CNC(C)C)cccc1[N+](=O)[O-]. The molecule has 0 saturated carbocycles. The Hall–Kier alpha value is -1.42. The van der Waals surface area contributed by atoms with Gasteiger partial charge in [-0.1, -0.05) is 26.0 Å². The fourth-order valence-electron chi connectivity index (χ4n) is 1.37. The highest BCUT2D eigenvalue weighted by atomic mass is 16.6. The van der Waals surface area contributed by atoms with E-state index in [2.05, 4.69) is 5.32 Å². The van der Waals surface area contributed by atoms with Gasteiger partial charge in [0, 0.05) is 24.2 Å². The van der Waals surface area contributed by atoms with Gasteiger partial charge in [0.2, 0.25) is 0 Å². The van der Waals surface area contributed by atoms with E-state index in [1.807, 2.05) is 19.9 Å². The van der Waals surface area contributed by atoms with Crippen LogP contribution in [-0.2, 0) is 6.54 Å². The third-order valence-corrected chi connectivity index (χ3v) is 2.31. The number of hydrogen-bond donors (Lipinski definition) is 1. The zero-order valence-electron chi connectivity index (χ0n) is 9.28. The smallest absolute Gasteiger partial charge is 0.272 e. The summed E-state index contributed by atoms with van der Waals surface area (Å²) >= 11 is 0. The summed E-state index contributed by atoms with van der Waals surface area (Å²) < 4.78 is 0. The molecule has 0 aliphatic carbocycles. The summed E-state index contributed by atoms with van der Waals surface area (Å²) in [6.07, 6.45) is 0. The van der Waals surface area contributed by atoms with Crippen LogP contribution in [0.2, 0.25) is 0 Å². The molecule has 1 aromatic rings. The first-order chi connectivity index (χ1) is 7.02.